The van der Waals surface area contributed by atoms with Gasteiger partial charge in [-0.1, -0.05) is 0 Å². The van der Waals surface area contributed by atoms with Crippen LogP contribution in [0, 0.1) is 0 Å². The predicted octanol–water partition coefficient (Wildman–Crippen LogP) is 0.691. The van der Waals surface area contributed by atoms with E-state index >= 15 is 0 Å². The summed E-state index contributed by atoms with van der Waals surface area (Å²) in [4.78, 5) is 0. The zero-order chi connectivity index (χ0) is 3.58. The molecule has 0 aromatic heterocycles. The second-order valence-electron chi connectivity index (χ2n) is 0.444. The van der Waals surface area contributed by atoms with Gasteiger partial charge in [0.05, 0.1) is 0 Å². The lowest BCUT2D eigenvalue weighted by molar-refractivity contribution is 0.888. The van der Waals surface area contributed by atoms with Crippen LogP contribution < -0.4 is 0 Å². The highest BCUT2D eigenvalue weighted by molar-refractivity contribution is 7.91. The fraction of sp³-hybridized carbons (Fsp3) is 0. The second-order valence-corrected chi connectivity index (χ2v) is 2.49. The van der Waals surface area contributed by atoms with E-state index in [1.54, 1.807) is 0 Å². The van der Waals surface area contributed by atoms with Gasteiger partial charge in [-0.15, -0.1) is 18.2 Å². The van der Waals surface area contributed by atoms with Crippen LogP contribution in [0.3, 0.4) is 0 Å². The van der Waals surface area contributed by atoms with Crippen LogP contribution in [0.2, 0.25) is 0 Å². The molecule has 0 rings (SSSR count). The topological polar surface area (TPSA) is 0 Å². The third-order valence-electron chi connectivity index (χ3n) is 0. The molecule has 0 aliphatic carbocycles. The average Bonchev–Trinajstić information content (AvgIpc) is 0.811. The van der Waals surface area contributed by atoms with Crippen LogP contribution >= 0.6 is 18.2 Å². The summed E-state index contributed by atoms with van der Waals surface area (Å²) in [5, 5.41) is 0. The first-order valence-electron chi connectivity index (χ1n) is 0.885. The third kappa shape index (κ3) is 13.4. The number of hydrogen-bond acceptors (Lipinski definition) is 0. The molecule has 0 N–H and O–H groups in total. The van der Waals surface area contributed by atoms with Crippen LogP contribution in [0.25, 0.3) is 0 Å². The zero-order valence-corrected chi connectivity index (χ0v) is 4.42. The molecular weight excluding hydrogens is 91.8 g/mol. The summed E-state index contributed by atoms with van der Waals surface area (Å²) in [5.74, 6) is 0. The highest BCUT2D eigenvalue weighted by Gasteiger charge is 1.86. The van der Waals surface area contributed by atoms with Crippen LogP contribution in [0.5, 0.6) is 0 Å². The quantitative estimate of drug-likeness (QED) is 0.307. The smallest absolute Gasteiger partial charge is 0.324 e. The van der Waals surface area contributed by atoms with Gasteiger partial charge >= 0.3 is 6.43 Å². The summed E-state index contributed by atoms with van der Waals surface area (Å²) in [6, 6.07) is 0. The number of hydrogen-bond donors (Lipinski definition) is 0. The molecule has 0 aliphatic rings. The van der Waals surface area contributed by atoms with E-state index in [4.69, 9.17) is 0 Å². The molecule has 2 atom stereocenters. The molecule has 0 nitrogen and oxygen atoms in total. The molecule has 0 heterocycles. The molecule has 4 heavy (non-hydrogen) atoms. The van der Waals surface area contributed by atoms with Crippen LogP contribution in [0.4, 0.5) is 4.32 Å². The molecule has 0 fully saturated rings. The highest BCUT2D eigenvalue weighted by Crippen LogP contribution is 2.00. The maximum Gasteiger partial charge on any atom is 0.388 e. The zero-order valence-electron chi connectivity index (χ0n) is 2.11. The summed E-state index contributed by atoms with van der Waals surface area (Å²) in [6.07, 6.45) is -0.833. The van der Waals surface area contributed by atoms with Crippen molar-refractivity contribution in [3.05, 3.63) is 0 Å². The molecule has 0 aliphatic heterocycles. The van der Waals surface area contributed by atoms with E-state index in [2.05, 4.69) is 0 Å². The summed E-state index contributed by atoms with van der Waals surface area (Å²) in [5.41, 5.74) is 0. The lowest BCUT2D eigenvalue weighted by Crippen LogP contribution is -1.66. The fourth-order valence-corrected chi connectivity index (χ4v) is 0. The Morgan fingerprint density at radius 3 is 1.50 bits per heavy atom. The van der Waals surface area contributed by atoms with Crippen LogP contribution in [-0.4, -0.2) is 6.43 Å². The van der Waals surface area contributed by atoms with Crippen LogP contribution in [-0.2, 0) is 0 Å². The normalized spacial score (nSPS) is 6.75. The van der Waals surface area contributed by atoms with E-state index in [1.165, 1.54) is 0 Å². The molecule has 0 radical (unpaired) electrons. The Morgan fingerprint density at radius 2 is 1.50 bits per heavy atom. The first kappa shape index (κ1) is 4.85. The highest BCUT2D eigenvalue weighted by atomic mass is 31.1. The van der Waals surface area contributed by atoms with Gasteiger partial charge in [0, 0.05) is 0 Å². The maximum atomic E-state index is 10.9. The summed E-state index contributed by atoms with van der Waals surface area (Å²) in [7, 11) is 3.91. The molecule has 0 aromatic carbocycles. The van der Waals surface area contributed by atoms with E-state index in [1.807, 2.05) is 18.2 Å². The molecule has 0 amide bonds. The van der Waals surface area contributed by atoms with E-state index in [0.717, 1.165) is 0 Å². The monoisotopic (exact) mass is 96.0 g/mol. The molecule has 24 valence electrons. The molecular formula is H4BFP2. The fourth-order valence-electron chi connectivity index (χ4n) is 0. The number of halogens is 1. The van der Waals surface area contributed by atoms with Crippen molar-refractivity contribution in [1.82, 2.24) is 0 Å². The molecule has 4 heteroatoms. The first-order chi connectivity index (χ1) is 1.73. The van der Waals surface area contributed by atoms with Crippen molar-refractivity contribution >= 4 is 24.7 Å². The molecule has 2 unspecified atom stereocenters. The standard InChI is InChI=1S/BFH4P2/c2-1(3)4/h3-4H2. The third-order valence-corrected chi connectivity index (χ3v) is 0. The number of rotatable bonds is 0. The van der Waals surface area contributed by atoms with Crippen LogP contribution in [0.1, 0.15) is 0 Å². The largest absolute Gasteiger partial charge is 0.388 e. The second kappa shape index (κ2) is 2.11. The molecule has 0 spiro atoms. The van der Waals surface area contributed by atoms with E-state index < -0.39 is 6.43 Å². The Hall–Kier alpha value is 0.855. The van der Waals surface area contributed by atoms with E-state index in [-0.39, 0.29) is 0 Å². The Morgan fingerprint density at radius 1 is 1.50 bits per heavy atom. The molecule has 0 saturated heterocycles. The predicted molar refractivity (Wildman–Crippen MR) is 26.3 cm³/mol. The first-order valence-corrected chi connectivity index (χ1v) is 2.22. The van der Waals surface area contributed by atoms with Crippen molar-refractivity contribution in [2.75, 3.05) is 0 Å². The molecule has 0 bridgehead atoms. The van der Waals surface area contributed by atoms with Gasteiger partial charge in [0.25, 0.3) is 0 Å². The van der Waals surface area contributed by atoms with Gasteiger partial charge in [-0.25, -0.2) is 0 Å². The summed E-state index contributed by atoms with van der Waals surface area (Å²) < 4.78 is 10.9. The van der Waals surface area contributed by atoms with Gasteiger partial charge in [0.2, 0.25) is 0 Å². The lowest BCUT2D eigenvalue weighted by Gasteiger charge is -1.66. The van der Waals surface area contributed by atoms with E-state index in [9.17, 15) is 4.32 Å². The minimum absolute atomic E-state index is 0.833. The Labute approximate surface area is 30.0 Å². The van der Waals surface area contributed by atoms with Gasteiger partial charge in [-0.3, -0.25) is 0 Å². The molecule has 0 saturated carbocycles. The van der Waals surface area contributed by atoms with Gasteiger partial charge in [-0.05, 0) is 0 Å². The Balaban J connectivity index is 2.32. The average molecular weight is 95.8 g/mol. The minimum Gasteiger partial charge on any atom is -0.324 e. The van der Waals surface area contributed by atoms with Crippen molar-refractivity contribution < 1.29 is 4.32 Å². The maximum absolute atomic E-state index is 10.9. The summed E-state index contributed by atoms with van der Waals surface area (Å²) >= 11 is 0. The van der Waals surface area contributed by atoms with Gasteiger partial charge in [-0.2, -0.15) is 0 Å². The van der Waals surface area contributed by atoms with Crippen molar-refractivity contribution in [3.8, 4) is 0 Å². The van der Waals surface area contributed by atoms with E-state index in [0.29, 0.717) is 0 Å². The SMILES string of the molecule is FB(P)P. The summed E-state index contributed by atoms with van der Waals surface area (Å²) in [6.45, 7) is 0. The van der Waals surface area contributed by atoms with Gasteiger partial charge in [0.15, 0.2) is 0 Å². The van der Waals surface area contributed by atoms with Crippen molar-refractivity contribution in [1.29, 1.82) is 0 Å². The molecule has 0 aromatic rings. The Kier molecular flexibility index (Phi) is 2.57. The van der Waals surface area contributed by atoms with Crippen molar-refractivity contribution in [2.45, 2.75) is 0 Å². The van der Waals surface area contributed by atoms with Gasteiger partial charge < -0.3 is 4.32 Å². The van der Waals surface area contributed by atoms with Crippen LogP contribution in [0.15, 0.2) is 0 Å². The lowest BCUT2D eigenvalue weighted by atomic mass is 10.6. The van der Waals surface area contributed by atoms with Gasteiger partial charge in [0.1, 0.15) is 0 Å². The van der Waals surface area contributed by atoms with Crippen molar-refractivity contribution in [2.24, 2.45) is 0 Å². The van der Waals surface area contributed by atoms with Crippen molar-refractivity contribution in [3.63, 3.8) is 0 Å². The Bertz CT molecular complexity index is 10.8. The minimum atomic E-state index is -0.833.